The van der Waals surface area contributed by atoms with Crippen LogP contribution in [0.4, 0.5) is 4.79 Å². The lowest BCUT2D eigenvalue weighted by atomic mass is 10.4. The summed E-state index contributed by atoms with van der Waals surface area (Å²) in [4.78, 5) is 12.1. The van der Waals surface area contributed by atoms with Crippen LogP contribution in [0.5, 0.6) is 0 Å². The molecule has 4 nitrogen and oxygen atoms in total. The molecule has 1 aliphatic heterocycles. The van der Waals surface area contributed by atoms with Gasteiger partial charge < -0.3 is 9.84 Å². The first kappa shape index (κ1) is 10.6. The SMILES string of the molecule is C=CN1CC(C)OC1=O.C=CO. The number of hydrogen-bond acceptors (Lipinski definition) is 3. The number of rotatable bonds is 1. The van der Waals surface area contributed by atoms with E-state index in [1.807, 2.05) is 6.92 Å². The number of hydrogen-bond donors (Lipinski definition) is 1. The molecule has 0 radical (unpaired) electrons. The lowest BCUT2D eigenvalue weighted by Gasteiger charge is -2.01. The molecule has 1 rings (SSSR count). The van der Waals surface area contributed by atoms with Crippen molar-refractivity contribution in [3.8, 4) is 0 Å². The predicted molar refractivity (Wildman–Crippen MR) is 45.7 cm³/mol. The fourth-order valence-corrected chi connectivity index (χ4v) is 0.778. The second kappa shape index (κ2) is 5.23. The van der Waals surface area contributed by atoms with E-state index >= 15 is 0 Å². The Bertz CT molecular complexity index is 179. The Balaban J connectivity index is 0.000000354. The summed E-state index contributed by atoms with van der Waals surface area (Å²) in [6.07, 6.45) is 1.94. The van der Waals surface area contributed by atoms with Gasteiger partial charge in [0.05, 0.1) is 12.8 Å². The first-order valence-electron chi connectivity index (χ1n) is 3.50. The van der Waals surface area contributed by atoms with E-state index in [-0.39, 0.29) is 12.2 Å². The largest absolute Gasteiger partial charge is 0.516 e. The monoisotopic (exact) mass is 171 g/mol. The average molecular weight is 171 g/mol. The van der Waals surface area contributed by atoms with E-state index in [0.717, 1.165) is 6.26 Å². The minimum Gasteiger partial charge on any atom is -0.516 e. The Morgan fingerprint density at radius 3 is 2.42 bits per heavy atom. The maximum atomic E-state index is 10.6. The summed E-state index contributed by atoms with van der Waals surface area (Å²) in [6.45, 7) is 8.85. The minimum atomic E-state index is -0.294. The van der Waals surface area contributed by atoms with E-state index in [1.165, 1.54) is 11.1 Å². The molecule has 1 unspecified atom stereocenters. The molecule has 68 valence electrons. The van der Waals surface area contributed by atoms with Crippen molar-refractivity contribution in [1.29, 1.82) is 0 Å². The highest BCUT2D eigenvalue weighted by molar-refractivity contribution is 5.70. The number of cyclic esters (lactones) is 1. The number of amides is 1. The Labute approximate surface area is 71.7 Å². The Hall–Kier alpha value is -1.45. The second-order valence-electron chi connectivity index (χ2n) is 2.21. The van der Waals surface area contributed by atoms with Crippen LogP contribution in [-0.2, 0) is 4.74 Å². The van der Waals surface area contributed by atoms with Crippen LogP contribution in [0.3, 0.4) is 0 Å². The number of aliphatic hydroxyl groups excluding tert-OH is 1. The predicted octanol–water partition coefficient (Wildman–Crippen LogP) is 1.66. The minimum absolute atomic E-state index is 0.00972. The Morgan fingerprint density at radius 2 is 2.25 bits per heavy atom. The van der Waals surface area contributed by atoms with Gasteiger partial charge in [-0.05, 0) is 6.92 Å². The normalized spacial score (nSPS) is 20.6. The standard InChI is InChI=1S/C6H9NO2.C2H4O/c1-3-7-4-5(2)9-6(7)8;1-2-3/h3,5H,1,4H2,2H3;2-3H,1H2. The molecule has 0 aromatic heterocycles. The van der Waals surface area contributed by atoms with E-state index in [9.17, 15) is 4.79 Å². The van der Waals surface area contributed by atoms with Crippen molar-refractivity contribution in [2.45, 2.75) is 13.0 Å². The van der Waals surface area contributed by atoms with Crippen LogP contribution >= 0.6 is 0 Å². The molecule has 0 spiro atoms. The molecule has 0 aromatic rings. The van der Waals surface area contributed by atoms with E-state index in [1.54, 1.807) is 0 Å². The van der Waals surface area contributed by atoms with Crippen LogP contribution in [0.25, 0.3) is 0 Å². The van der Waals surface area contributed by atoms with Crippen molar-refractivity contribution >= 4 is 6.09 Å². The summed E-state index contributed by atoms with van der Waals surface area (Å²) in [5, 5.41) is 7.33. The topological polar surface area (TPSA) is 49.8 Å². The molecule has 1 aliphatic rings. The summed E-state index contributed by atoms with van der Waals surface area (Å²) in [5.41, 5.74) is 0. The summed E-state index contributed by atoms with van der Waals surface area (Å²) in [5.74, 6) is 0. The van der Waals surface area contributed by atoms with Gasteiger partial charge in [-0.25, -0.2) is 4.79 Å². The van der Waals surface area contributed by atoms with Gasteiger partial charge in [-0.2, -0.15) is 0 Å². The number of aliphatic hydroxyl groups is 1. The molecule has 1 amide bonds. The number of carbonyl (C=O) groups excluding carboxylic acids is 1. The maximum absolute atomic E-state index is 10.6. The summed E-state index contributed by atoms with van der Waals surface area (Å²) in [6, 6.07) is 0. The van der Waals surface area contributed by atoms with Crippen LogP contribution in [0.1, 0.15) is 6.92 Å². The first-order chi connectivity index (χ1) is 5.65. The zero-order chi connectivity index (χ0) is 9.56. The quantitative estimate of drug-likeness (QED) is 0.610. The summed E-state index contributed by atoms with van der Waals surface area (Å²) < 4.78 is 4.78. The molecule has 0 bridgehead atoms. The third-order valence-electron chi connectivity index (χ3n) is 1.21. The first-order valence-corrected chi connectivity index (χ1v) is 3.50. The molecular weight excluding hydrogens is 158 g/mol. The zero-order valence-electron chi connectivity index (χ0n) is 7.06. The van der Waals surface area contributed by atoms with Gasteiger partial charge in [-0.15, -0.1) is 0 Å². The highest BCUT2D eigenvalue weighted by Gasteiger charge is 2.25. The third kappa shape index (κ3) is 3.09. The van der Waals surface area contributed by atoms with Crippen LogP contribution in [0, 0.1) is 0 Å². The zero-order valence-corrected chi connectivity index (χ0v) is 7.06. The van der Waals surface area contributed by atoms with Gasteiger partial charge >= 0.3 is 6.09 Å². The van der Waals surface area contributed by atoms with Crippen LogP contribution in [-0.4, -0.2) is 28.7 Å². The molecule has 1 atom stereocenters. The van der Waals surface area contributed by atoms with Gasteiger partial charge in [0, 0.05) is 6.20 Å². The molecule has 12 heavy (non-hydrogen) atoms. The van der Waals surface area contributed by atoms with E-state index < -0.39 is 0 Å². The Kier molecular flexibility index (Phi) is 4.60. The van der Waals surface area contributed by atoms with Gasteiger partial charge in [0.15, 0.2) is 0 Å². The third-order valence-corrected chi connectivity index (χ3v) is 1.21. The van der Waals surface area contributed by atoms with Crippen molar-refractivity contribution in [3.05, 3.63) is 25.6 Å². The van der Waals surface area contributed by atoms with Crippen LogP contribution in [0.2, 0.25) is 0 Å². The molecule has 0 aromatic carbocycles. The number of carbonyl (C=O) groups is 1. The van der Waals surface area contributed by atoms with Crippen molar-refractivity contribution in [1.82, 2.24) is 4.90 Å². The fourth-order valence-electron chi connectivity index (χ4n) is 0.778. The molecule has 1 fully saturated rings. The summed E-state index contributed by atoms with van der Waals surface area (Å²) >= 11 is 0. The molecule has 1 saturated heterocycles. The smallest absolute Gasteiger partial charge is 0.414 e. The van der Waals surface area contributed by atoms with Gasteiger partial charge in [-0.1, -0.05) is 13.2 Å². The second-order valence-corrected chi connectivity index (χ2v) is 2.21. The van der Waals surface area contributed by atoms with Crippen molar-refractivity contribution < 1.29 is 14.6 Å². The number of nitrogens with zero attached hydrogens (tertiary/aromatic N) is 1. The molecule has 1 heterocycles. The van der Waals surface area contributed by atoms with Gasteiger partial charge in [-0.3, -0.25) is 4.90 Å². The lowest BCUT2D eigenvalue weighted by molar-refractivity contribution is 0.142. The van der Waals surface area contributed by atoms with Crippen LogP contribution < -0.4 is 0 Å². The average Bonchev–Trinajstić information content (AvgIpc) is 2.31. The van der Waals surface area contributed by atoms with Crippen molar-refractivity contribution in [2.75, 3.05) is 6.54 Å². The fraction of sp³-hybridized carbons (Fsp3) is 0.375. The molecule has 0 aliphatic carbocycles. The Morgan fingerprint density at radius 1 is 1.75 bits per heavy atom. The highest BCUT2D eigenvalue weighted by atomic mass is 16.6. The molecule has 4 heteroatoms. The molecule has 0 saturated carbocycles. The van der Waals surface area contributed by atoms with E-state index in [4.69, 9.17) is 9.84 Å². The summed E-state index contributed by atoms with van der Waals surface area (Å²) in [7, 11) is 0. The highest BCUT2D eigenvalue weighted by Crippen LogP contribution is 2.09. The van der Waals surface area contributed by atoms with Crippen molar-refractivity contribution in [2.24, 2.45) is 0 Å². The molecule has 1 N–H and O–H groups in total. The van der Waals surface area contributed by atoms with Gasteiger partial charge in [0.25, 0.3) is 0 Å². The van der Waals surface area contributed by atoms with E-state index in [2.05, 4.69) is 13.2 Å². The van der Waals surface area contributed by atoms with Crippen molar-refractivity contribution in [3.63, 3.8) is 0 Å². The maximum Gasteiger partial charge on any atom is 0.414 e. The van der Waals surface area contributed by atoms with Crippen LogP contribution in [0.15, 0.2) is 25.6 Å². The van der Waals surface area contributed by atoms with Gasteiger partial charge in [0.2, 0.25) is 0 Å². The van der Waals surface area contributed by atoms with E-state index in [0.29, 0.717) is 6.54 Å². The van der Waals surface area contributed by atoms with Gasteiger partial charge in [0.1, 0.15) is 6.10 Å². The molecular formula is C8H13NO3. The number of ether oxygens (including phenoxy) is 1. The lowest BCUT2D eigenvalue weighted by Crippen LogP contribution is -2.16.